The van der Waals surface area contributed by atoms with Crippen LogP contribution in [0.2, 0.25) is 0 Å². The fourth-order valence-electron chi connectivity index (χ4n) is 2.54. The van der Waals surface area contributed by atoms with Gasteiger partial charge in [0.2, 0.25) is 5.91 Å². The first-order valence-corrected chi connectivity index (χ1v) is 9.89. The average Bonchev–Trinajstić information content (AvgIpc) is 3.19. The third-order valence-electron chi connectivity index (χ3n) is 3.85. The lowest BCUT2D eigenvalue weighted by atomic mass is 10.2. The van der Waals surface area contributed by atoms with Gasteiger partial charge in [0.1, 0.15) is 6.61 Å². The maximum absolute atomic E-state index is 12.1. The number of aromatic nitrogens is 1. The minimum atomic E-state index is -0.455. The summed E-state index contributed by atoms with van der Waals surface area (Å²) >= 11 is 1.33. The summed E-state index contributed by atoms with van der Waals surface area (Å²) in [7, 11) is 0. The molecule has 3 aromatic rings. The first-order chi connectivity index (χ1) is 14.1. The molecule has 0 fully saturated rings. The van der Waals surface area contributed by atoms with Crippen LogP contribution in [-0.4, -0.2) is 23.5 Å². The van der Waals surface area contributed by atoms with E-state index in [1.165, 1.54) is 29.2 Å². The monoisotopic (exact) mass is 404 g/mol. The molecule has 0 aliphatic carbocycles. The number of hydrogen-bond acceptors (Lipinski definition) is 5. The molecule has 0 atom stereocenters. The molecule has 1 aromatic heterocycles. The van der Waals surface area contributed by atoms with Crippen molar-refractivity contribution in [2.45, 2.75) is 6.92 Å². The molecule has 0 radical (unpaired) electrons. The third kappa shape index (κ3) is 5.99. The van der Waals surface area contributed by atoms with Crippen LogP contribution in [0.3, 0.4) is 0 Å². The highest BCUT2D eigenvalue weighted by atomic mass is 32.1. The molecular formula is C23H20N2O3S. The van der Waals surface area contributed by atoms with E-state index >= 15 is 0 Å². The lowest BCUT2D eigenvalue weighted by Gasteiger charge is -2.17. The van der Waals surface area contributed by atoms with Crippen molar-refractivity contribution in [2.75, 3.05) is 11.5 Å². The van der Waals surface area contributed by atoms with Gasteiger partial charge >= 0.3 is 5.97 Å². The van der Waals surface area contributed by atoms with Crippen molar-refractivity contribution < 1.29 is 14.3 Å². The van der Waals surface area contributed by atoms with Crippen LogP contribution in [0.5, 0.6) is 0 Å². The first kappa shape index (κ1) is 20.2. The van der Waals surface area contributed by atoms with Gasteiger partial charge in [-0.05, 0) is 29.8 Å². The lowest BCUT2D eigenvalue weighted by Crippen LogP contribution is -2.22. The van der Waals surface area contributed by atoms with Crippen molar-refractivity contribution in [3.8, 4) is 0 Å². The van der Waals surface area contributed by atoms with E-state index < -0.39 is 5.97 Å². The van der Waals surface area contributed by atoms with Gasteiger partial charge in [0.15, 0.2) is 5.13 Å². The van der Waals surface area contributed by atoms with Gasteiger partial charge < -0.3 is 4.74 Å². The van der Waals surface area contributed by atoms with Gasteiger partial charge in [0.05, 0.1) is 11.4 Å². The maximum atomic E-state index is 12.1. The molecule has 0 aliphatic heterocycles. The van der Waals surface area contributed by atoms with Gasteiger partial charge in [-0.2, -0.15) is 0 Å². The Bertz CT molecular complexity index is 1010. The number of hydrogen-bond donors (Lipinski definition) is 0. The van der Waals surface area contributed by atoms with Gasteiger partial charge in [0.25, 0.3) is 0 Å². The molecule has 0 aliphatic rings. The van der Waals surface area contributed by atoms with Crippen LogP contribution >= 0.6 is 11.3 Å². The lowest BCUT2D eigenvalue weighted by molar-refractivity contribution is -0.136. The molecule has 3 rings (SSSR count). The van der Waals surface area contributed by atoms with E-state index in [0.717, 1.165) is 11.3 Å². The van der Waals surface area contributed by atoms with E-state index in [9.17, 15) is 9.59 Å². The Labute approximate surface area is 173 Å². The van der Waals surface area contributed by atoms with Crippen LogP contribution in [0.4, 0.5) is 10.8 Å². The summed E-state index contributed by atoms with van der Waals surface area (Å²) < 4.78 is 5.15. The minimum Gasteiger partial charge on any atom is -0.458 e. The molecule has 0 bridgehead atoms. The van der Waals surface area contributed by atoms with Crippen molar-refractivity contribution in [3.63, 3.8) is 0 Å². The summed E-state index contributed by atoms with van der Waals surface area (Å²) in [5.74, 6) is -0.588. The number of esters is 1. The normalized spacial score (nSPS) is 11.1. The Morgan fingerprint density at radius 3 is 2.41 bits per heavy atom. The minimum absolute atomic E-state index is 0.134. The zero-order valence-corrected chi connectivity index (χ0v) is 16.7. The Balaban J connectivity index is 1.57. The molecular weight excluding hydrogens is 384 g/mol. The van der Waals surface area contributed by atoms with Gasteiger partial charge in [-0.15, -0.1) is 11.3 Å². The van der Waals surface area contributed by atoms with E-state index in [1.807, 2.05) is 66.7 Å². The second kappa shape index (κ2) is 10.1. The number of nitrogens with zero attached hydrogens (tertiary/aromatic N) is 2. The highest BCUT2D eigenvalue weighted by Crippen LogP contribution is 2.28. The molecule has 0 N–H and O–H groups in total. The van der Waals surface area contributed by atoms with Crippen LogP contribution in [0.1, 0.15) is 18.2 Å². The van der Waals surface area contributed by atoms with E-state index in [4.69, 9.17) is 4.74 Å². The zero-order chi connectivity index (χ0) is 20.5. The van der Waals surface area contributed by atoms with E-state index in [-0.39, 0.29) is 12.5 Å². The fraction of sp³-hybridized carbons (Fsp3) is 0.0870. The summed E-state index contributed by atoms with van der Waals surface area (Å²) in [6.07, 6.45) is 6.58. The van der Waals surface area contributed by atoms with Gasteiger partial charge in [-0.3, -0.25) is 9.69 Å². The number of benzene rings is 2. The van der Waals surface area contributed by atoms with Crippen molar-refractivity contribution in [1.29, 1.82) is 0 Å². The number of anilines is 2. The molecule has 2 aromatic carbocycles. The summed E-state index contributed by atoms with van der Waals surface area (Å²) in [4.78, 5) is 29.9. The van der Waals surface area contributed by atoms with E-state index in [0.29, 0.717) is 10.8 Å². The SMILES string of the molecule is CC(=O)N(c1ccccc1)c1nc(/C=C/C(=O)OC/C=C/c2ccccc2)cs1. The number of carbonyl (C=O) groups is 2. The number of thiazole rings is 1. The Morgan fingerprint density at radius 2 is 1.72 bits per heavy atom. The Hall–Kier alpha value is -3.51. The molecule has 6 heteroatoms. The second-order valence-corrected chi connectivity index (χ2v) is 6.86. The highest BCUT2D eigenvalue weighted by Gasteiger charge is 2.17. The van der Waals surface area contributed by atoms with Gasteiger partial charge in [-0.1, -0.05) is 54.6 Å². The van der Waals surface area contributed by atoms with E-state index in [2.05, 4.69) is 4.98 Å². The molecule has 5 nitrogen and oxygen atoms in total. The number of ether oxygens (including phenoxy) is 1. The number of amides is 1. The van der Waals surface area contributed by atoms with Crippen molar-refractivity contribution in [2.24, 2.45) is 0 Å². The highest BCUT2D eigenvalue weighted by molar-refractivity contribution is 7.14. The maximum Gasteiger partial charge on any atom is 0.331 e. The first-order valence-electron chi connectivity index (χ1n) is 9.01. The molecule has 0 saturated heterocycles. The third-order valence-corrected chi connectivity index (χ3v) is 4.70. The number of carbonyl (C=O) groups excluding carboxylic acids is 2. The van der Waals surface area contributed by atoms with Crippen LogP contribution in [0.15, 0.2) is 78.2 Å². The molecule has 1 amide bonds. The summed E-state index contributed by atoms with van der Waals surface area (Å²) in [6.45, 7) is 1.68. The summed E-state index contributed by atoms with van der Waals surface area (Å²) in [5, 5.41) is 2.33. The van der Waals surface area contributed by atoms with Crippen LogP contribution in [-0.2, 0) is 14.3 Å². The van der Waals surface area contributed by atoms with E-state index in [1.54, 1.807) is 17.5 Å². The predicted molar refractivity (Wildman–Crippen MR) is 117 cm³/mol. The number of para-hydroxylation sites is 1. The molecule has 29 heavy (non-hydrogen) atoms. The Morgan fingerprint density at radius 1 is 1.03 bits per heavy atom. The molecule has 0 spiro atoms. The van der Waals surface area contributed by atoms with Crippen molar-refractivity contribution >= 4 is 46.2 Å². The smallest absolute Gasteiger partial charge is 0.331 e. The van der Waals surface area contributed by atoms with Crippen molar-refractivity contribution in [3.05, 3.63) is 89.5 Å². The van der Waals surface area contributed by atoms with Crippen molar-refractivity contribution in [1.82, 2.24) is 4.98 Å². The largest absolute Gasteiger partial charge is 0.458 e. The summed E-state index contributed by atoms with van der Waals surface area (Å²) in [6, 6.07) is 19.1. The molecule has 0 unspecified atom stereocenters. The van der Waals surface area contributed by atoms with Crippen LogP contribution in [0, 0.1) is 0 Å². The zero-order valence-electron chi connectivity index (χ0n) is 15.9. The standard InChI is InChI=1S/C23H20N2O3S/c1-18(26)25(21-12-6-3-7-13-21)23-24-20(17-29-23)14-15-22(27)28-16-8-11-19-9-4-2-5-10-19/h2-15,17H,16H2,1H3/b11-8+,15-14+. The second-order valence-electron chi connectivity index (χ2n) is 6.02. The average molecular weight is 404 g/mol. The van der Waals surface area contributed by atoms with Gasteiger partial charge in [-0.25, -0.2) is 9.78 Å². The Kier molecular flexibility index (Phi) is 7.08. The number of rotatable bonds is 7. The molecule has 146 valence electrons. The molecule has 1 heterocycles. The molecule has 0 saturated carbocycles. The fourth-order valence-corrected chi connectivity index (χ4v) is 3.39. The van der Waals surface area contributed by atoms with Crippen LogP contribution in [0.25, 0.3) is 12.2 Å². The predicted octanol–water partition coefficient (Wildman–Crippen LogP) is 5.10. The summed E-state index contributed by atoms with van der Waals surface area (Å²) in [5.41, 5.74) is 2.38. The van der Waals surface area contributed by atoms with Crippen LogP contribution < -0.4 is 4.90 Å². The van der Waals surface area contributed by atoms with Gasteiger partial charge in [0, 0.05) is 18.4 Å². The quantitative estimate of drug-likeness (QED) is 0.406. The topological polar surface area (TPSA) is 59.5 Å².